The van der Waals surface area contributed by atoms with E-state index in [1.807, 2.05) is 6.92 Å². The third kappa shape index (κ3) is 5.31. The van der Waals surface area contributed by atoms with Crippen LogP contribution in [0.2, 0.25) is 10.0 Å². The molecule has 35 heavy (non-hydrogen) atoms. The summed E-state index contributed by atoms with van der Waals surface area (Å²) in [6, 6.07) is 13.3. The van der Waals surface area contributed by atoms with Crippen molar-refractivity contribution in [1.29, 1.82) is 0 Å². The van der Waals surface area contributed by atoms with Gasteiger partial charge in [-0.25, -0.2) is 15.0 Å². The highest BCUT2D eigenvalue weighted by atomic mass is 35.5. The minimum absolute atomic E-state index is 0.101. The van der Waals surface area contributed by atoms with Gasteiger partial charge in [0.1, 0.15) is 18.2 Å². The van der Waals surface area contributed by atoms with Gasteiger partial charge in [0.15, 0.2) is 0 Å². The number of anilines is 2. The number of pyridine rings is 1. The fraction of sp³-hybridized carbons (Fsp3) is 0.174. The molecule has 1 aliphatic heterocycles. The number of aryl methyl sites for hydroxylation is 1. The van der Waals surface area contributed by atoms with Crippen molar-refractivity contribution in [1.82, 2.24) is 20.0 Å². The molecule has 12 heteroatoms. The van der Waals surface area contributed by atoms with E-state index < -0.39 is 10.1 Å². The van der Waals surface area contributed by atoms with E-state index in [9.17, 15) is 8.42 Å². The zero-order valence-electron chi connectivity index (χ0n) is 18.4. The second kappa shape index (κ2) is 9.56. The Kier molecular flexibility index (Phi) is 6.47. The van der Waals surface area contributed by atoms with Gasteiger partial charge in [-0.3, -0.25) is 0 Å². The van der Waals surface area contributed by atoms with Crippen molar-refractivity contribution in [3.05, 3.63) is 76.7 Å². The molecule has 0 aliphatic carbocycles. The Morgan fingerprint density at radius 2 is 1.80 bits per heavy atom. The SMILES string of the molecule is Cc1ccc(S(=O)(=O)ON2CC(Oc3cc4c(Nc5ccc(Cl)cc5Cl)ncnc4cn3)C2)cc1. The van der Waals surface area contributed by atoms with Crippen LogP contribution in [0.4, 0.5) is 11.5 Å². The Morgan fingerprint density at radius 3 is 2.54 bits per heavy atom. The number of ether oxygens (including phenoxy) is 1. The predicted octanol–water partition coefficient (Wildman–Crippen LogP) is 4.77. The van der Waals surface area contributed by atoms with Crippen LogP contribution in [-0.2, 0) is 14.4 Å². The summed E-state index contributed by atoms with van der Waals surface area (Å²) in [6.07, 6.45) is 2.71. The van der Waals surface area contributed by atoms with Gasteiger partial charge in [0, 0.05) is 16.5 Å². The number of halogens is 2. The molecule has 5 rings (SSSR count). The second-order valence-electron chi connectivity index (χ2n) is 7.94. The van der Waals surface area contributed by atoms with Gasteiger partial charge in [-0.2, -0.15) is 17.8 Å². The number of hydrogen-bond acceptors (Lipinski definition) is 9. The minimum atomic E-state index is -3.89. The van der Waals surface area contributed by atoms with Gasteiger partial charge in [-0.1, -0.05) is 40.9 Å². The van der Waals surface area contributed by atoms with Gasteiger partial charge in [-0.15, -0.1) is 0 Å². The average molecular weight is 532 g/mol. The number of fused-ring (bicyclic) bond motifs is 1. The zero-order valence-corrected chi connectivity index (χ0v) is 20.7. The zero-order chi connectivity index (χ0) is 24.6. The molecule has 4 aromatic rings. The molecule has 2 aromatic carbocycles. The molecule has 0 saturated carbocycles. The summed E-state index contributed by atoms with van der Waals surface area (Å²) in [6.45, 7) is 2.41. The molecule has 2 aromatic heterocycles. The molecule has 1 N–H and O–H groups in total. The summed E-state index contributed by atoms with van der Waals surface area (Å²) in [5.41, 5.74) is 2.21. The van der Waals surface area contributed by atoms with E-state index in [0.29, 0.717) is 38.3 Å². The van der Waals surface area contributed by atoms with Crippen molar-refractivity contribution < 1.29 is 17.4 Å². The second-order valence-corrected chi connectivity index (χ2v) is 10.3. The van der Waals surface area contributed by atoms with Crippen LogP contribution in [0.5, 0.6) is 5.88 Å². The van der Waals surface area contributed by atoms with Crippen molar-refractivity contribution in [2.24, 2.45) is 0 Å². The fourth-order valence-corrected chi connectivity index (χ4v) is 4.83. The first-order chi connectivity index (χ1) is 16.8. The summed E-state index contributed by atoms with van der Waals surface area (Å²) in [7, 11) is -3.89. The predicted molar refractivity (Wildman–Crippen MR) is 133 cm³/mol. The summed E-state index contributed by atoms with van der Waals surface area (Å²) in [5, 5.41) is 6.17. The lowest BCUT2D eigenvalue weighted by molar-refractivity contribution is -0.155. The topological polar surface area (TPSA) is 107 Å². The van der Waals surface area contributed by atoms with Gasteiger partial charge in [0.05, 0.1) is 40.4 Å². The molecule has 0 amide bonds. The number of hydrogen-bond donors (Lipinski definition) is 1. The van der Waals surface area contributed by atoms with Crippen LogP contribution in [-0.4, -0.2) is 47.6 Å². The van der Waals surface area contributed by atoms with E-state index >= 15 is 0 Å². The van der Waals surface area contributed by atoms with Crippen molar-refractivity contribution in [2.45, 2.75) is 17.9 Å². The highest BCUT2D eigenvalue weighted by Gasteiger charge is 2.34. The summed E-state index contributed by atoms with van der Waals surface area (Å²) < 4.78 is 36.0. The molecule has 3 heterocycles. The van der Waals surface area contributed by atoms with Crippen molar-refractivity contribution in [2.75, 3.05) is 18.4 Å². The van der Waals surface area contributed by atoms with Gasteiger partial charge >= 0.3 is 10.1 Å². The molecule has 0 spiro atoms. The number of rotatable bonds is 7. The minimum Gasteiger partial charge on any atom is -0.471 e. The lowest BCUT2D eigenvalue weighted by Gasteiger charge is -2.36. The van der Waals surface area contributed by atoms with Gasteiger partial charge < -0.3 is 10.1 Å². The largest absolute Gasteiger partial charge is 0.471 e. The van der Waals surface area contributed by atoms with E-state index in [4.69, 9.17) is 32.2 Å². The molecule has 0 bridgehead atoms. The van der Waals surface area contributed by atoms with Crippen LogP contribution in [0.15, 0.2) is 66.0 Å². The molecule has 0 radical (unpaired) electrons. The number of aromatic nitrogens is 3. The molecular weight excluding hydrogens is 513 g/mol. The fourth-order valence-electron chi connectivity index (χ4n) is 3.42. The molecule has 180 valence electrons. The maximum absolute atomic E-state index is 12.4. The maximum atomic E-state index is 12.4. The van der Waals surface area contributed by atoms with Crippen LogP contribution < -0.4 is 10.1 Å². The van der Waals surface area contributed by atoms with E-state index in [1.165, 1.54) is 23.5 Å². The molecule has 9 nitrogen and oxygen atoms in total. The normalized spacial score (nSPS) is 14.6. The standard InChI is InChI=1S/C23H19Cl2N5O4S/c1-14-2-5-17(6-3-14)35(31,32)34-30-11-16(12-30)33-22-9-18-21(10-26-22)27-13-28-23(18)29-20-7-4-15(24)8-19(20)25/h2-10,13,16H,11-12H2,1H3,(H,27,28,29). The number of hydroxylamine groups is 2. The first-order valence-electron chi connectivity index (χ1n) is 10.5. The van der Waals surface area contributed by atoms with E-state index in [0.717, 1.165) is 5.56 Å². The molecule has 1 saturated heterocycles. The van der Waals surface area contributed by atoms with Gasteiger partial charge in [0.2, 0.25) is 5.88 Å². The Balaban J connectivity index is 1.26. The number of benzene rings is 2. The summed E-state index contributed by atoms with van der Waals surface area (Å²) in [4.78, 5) is 13.0. The molecule has 0 atom stereocenters. The Labute approximate surface area is 211 Å². The quantitative estimate of drug-likeness (QED) is 0.360. The average Bonchev–Trinajstić information content (AvgIpc) is 2.80. The van der Waals surface area contributed by atoms with E-state index in [1.54, 1.807) is 42.6 Å². The summed E-state index contributed by atoms with van der Waals surface area (Å²) in [5.74, 6) is 0.873. The monoisotopic (exact) mass is 531 g/mol. The van der Waals surface area contributed by atoms with E-state index in [2.05, 4.69) is 20.3 Å². The lowest BCUT2D eigenvalue weighted by Crippen LogP contribution is -2.54. The maximum Gasteiger partial charge on any atom is 0.313 e. The molecular formula is C23H19Cl2N5O4S. The molecule has 1 aliphatic rings. The van der Waals surface area contributed by atoms with Crippen LogP contribution in [0.3, 0.4) is 0 Å². The third-order valence-corrected chi connectivity index (χ3v) is 7.10. The molecule has 1 fully saturated rings. The highest BCUT2D eigenvalue weighted by Crippen LogP contribution is 2.31. The number of nitrogens with one attached hydrogen (secondary N) is 1. The third-order valence-electron chi connectivity index (χ3n) is 5.30. The van der Waals surface area contributed by atoms with Crippen LogP contribution >= 0.6 is 23.2 Å². The Hall–Kier alpha value is -3.02. The van der Waals surface area contributed by atoms with Crippen molar-refractivity contribution >= 4 is 55.7 Å². The van der Waals surface area contributed by atoms with Crippen molar-refractivity contribution in [3.8, 4) is 5.88 Å². The van der Waals surface area contributed by atoms with Gasteiger partial charge in [-0.05, 0) is 37.3 Å². The number of nitrogens with zero attached hydrogens (tertiary/aromatic N) is 4. The first kappa shape index (κ1) is 23.7. The Morgan fingerprint density at radius 1 is 1.03 bits per heavy atom. The van der Waals surface area contributed by atoms with Crippen LogP contribution in [0.1, 0.15) is 5.56 Å². The van der Waals surface area contributed by atoms with Crippen LogP contribution in [0, 0.1) is 6.92 Å². The van der Waals surface area contributed by atoms with E-state index in [-0.39, 0.29) is 24.1 Å². The smallest absolute Gasteiger partial charge is 0.313 e. The van der Waals surface area contributed by atoms with Crippen molar-refractivity contribution in [3.63, 3.8) is 0 Å². The van der Waals surface area contributed by atoms with Gasteiger partial charge in [0.25, 0.3) is 0 Å². The van der Waals surface area contributed by atoms with Crippen LogP contribution in [0.25, 0.3) is 10.9 Å². The summed E-state index contributed by atoms with van der Waals surface area (Å²) >= 11 is 12.3. The highest BCUT2D eigenvalue weighted by molar-refractivity contribution is 7.86. The molecule has 0 unspecified atom stereocenters. The first-order valence-corrected chi connectivity index (χ1v) is 12.7. The lowest BCUT2D eigenvalue weighted by atomic mass is 10.2. The Bertz CT molecular complexity index is 1500.